The predicted octanol–water partition coefficient (Wildman–Crippen LogP) is 3.11. The number of carbonyl (C=O) groups is 3. The van der Waals surface area contributed by atoms with Crippen LogP contribution in [0.15, 0.2) is 34.9 Å². The molecule has 0 aromatic rings. The topological polar surface area (TPSA) is 112 Å². The Morgan fingerprint density at radius 1 is 0.708 bits per heavy atom. The number of aliphatic carboxylic acids is 3. The van der Waals surface area contributed by atoms with Crippen molar-refractivity contribution in [3.8, 4) is 0 Å². The number of rotatable bonds is 6. The molecule has 1 fully saturated rings. The lowest BCUT2D eigenvalue weighted by Crippen LogP contribution is -2.26. The van der Waals surface area contributed by atoms with Gasteiger partial charge in [0.15, 0.2) is 0 Å². The first-order valence-electron chi connectivity index (χ1n) is 7.88. The summed E-state index contributed by atoms with van der Waals surface area (Å²) in [5.41, 5.74) is 0.608. The molecule has 2 unspecified atom stereocenters. The number of hydrogen-bond acceptors (Lipinski definition) is 3. The van der Waals surface area contributed by atoms with Gasteiger partial charge in [0.2, 0.25) is 0 Å². The normalized spacial score (nSPS) is 26.1. The second kappa shape index (κ2) is 8.47. The third-order valence-corrected chi connectivity index (χ3v) is 4.45. The van der Waals surface area contributed by atoms with E-state index in [1.165, 1.54) is 20.8 Å². The van der Waals surface area contributed by atoms with Crippen LogP contribution in [0.1, 0.15) is 40.0 Å². The number of carboxylic acid groups (broad SMARTS) is 3. The van der Waals surface area contributed by atoms with Crippen LogP contribution in [0, 0.1) is 17.8 Å². The van der Waals surface area contributed by atoms with Crippen LogP contribution in [0.3, 0.4) is 0 Å². The van der Waals surface area contributed by atoms with Gasteiger partial charge in [-0.3, -0.25) is 0 Å². The highest BCUT2D eigenvalue weighted by Crippen LogP contribution is 2.39. The van der Waals surface area contributed by atoms with E-state index in [9.17, 15) is 14.4 Å². The fourth-order valence-corrected chi connectivity index (χ4v) is 3.07. The Bertz CT molecular complexity index is 573. The number of allylic oxidation sites excluding steroid dienone is 3. The minimum Gasteiger partial charge on any atom is -0.478 e. The first-order valence-corrected chi connectivity index (χ1v) is 7.88. The van der Waals surface area contributed by atoms with Crippen LogP contribution in [0.5, 0.6) is 0 Å². The highest BCUT2D eigenvalue weighted by Gasteiger charge is 2.31. The molecular weight excluding hydrogens is 312 g/mol. The van der Waals surface area contributed by atoms with Crippen molar-refractivity contribution < 1.29 is 29.7 Å². The fraction of sp³-hybridized carbons (Fsp3) is 0.500. The van der Waals surface area contributed by atoms with Crippen molar-refractivity contribution in [3.05, 3.63) is 34.9 Å². The highest BCUT2D eigenvalue weighted by atomic mass is 16.4. The first kappa shape index (κ1) is 19.7. The lowest BCUT2D eigenvalue weighted by Gasteiger charge is -2.34. The summed E-state index contributed by atoms with van der Waals surface area (Å²) in [5.74, 6) is -3.55. The van der Waals surface area contributed by atoms with Crippen LogP contribution in [-0.4, -0.2) is 33.2 Å². The van der Waals surface area contributed by atoms with E-state index >= 15 is 0 Å². The van der Waals surface area contributed by atoms with E-state index in [4.69, 9.17) is 15.3 Å². The largest absolute Gasteiger partial charge is 0.478 e. The molecule has 0 bridgehead atoms. The second-order valence-corrected chi connectivity index (χ2v) is 6.30. The molecule has 6 heteroatoms. The molecule has 0 heterocycles. The van der Waals surface area contributed by atoms with E-state index in [1.54, 1.807) is 18.2 Å². The molecule has 24 heavy (non-hydrogen) atoms. The lowest BCUT2D eigenvalue weighted by molar-refractivity contribution is -0.133. The van der Waals surface area contributed by atoms with Gasteiger partial charge in [0.05, 0.1) is 0 Å². The van der Waals surface area contributed by atoms with Crippen molar-refractivity contribution in [2.45, 2.75) is 40.0 Å². The minimum absolute atomic E-state index is 0.132. The molecule has 6 nitrogen and oxygen atoms in total. The molecule has 0 aliphatic heterocycles. The first-order chi connectivity index (χ1) is 11.1. The van der Waals surface area contributed by atoms with Crippen molar-refractivity contribution in [2.24, 2.45) is 17.8 Å². The van der Waals surface area contributed by atoms with Gasteiger partial charge >= 0.3 is 17.9 Å². The third-order valence-electron chi connectivity index (χ3n) is 4.45. The van der Waals surface area contributed by atoms with E-state index in [0.29, 0.717) is 0 Å². The van der Waals surface area contributed by atoms with E-state index in [1.807, 2.05) is 0 Å². The minimum atomic E-state index is -1.03. The van der Waals surface area contributed by atoms with Gasteiger partial charge in [0, 0.05) is 16.7 Å². The molecule has 132 valence electrons. The Morgan fingerprint density at radius 3 is 1.38 bits per heavy atom. The van der Waals surface area contributed by atoms with Crippen LogP contribution in [0.4, 0.5) is 0 Å². The summed E-state index contributed by atoms with van der Waals surface area (Å²) in [6.45, 7) is 4.51. The molecule has 0 saturated heterocycles. The lowest BCUT2D eigenvalue weighted by atomic mass is 9.70. The maximum absolute atomic E-state index is 11.2. The Labute approximate surface area is 141 Å². The molecule has 1 aliphatic carbocycles. The quantitative estimate of drug-likeness (QED) is 0.643. The van der Waals surface area contributed by atoms with Crippen LogP contribution in [-0.2, 0) is 14.4 Å². The Hall–Kier alpha value is -2.37. The van der Waals surface area contributed by atoms with Gasteiger partial charge in [-0.15, -0.1) is 0 Å². The maximum atomic E-state index is 11.2. The van der Waals surface area contributed by atoms with Crippen LogP contribution >= 0.6 is 0 Å². The molecule has 3 N–H and O–H groups in total. The zero-order chi connectivity index (χ0) is 18.4. The Morgan fingerprint density at radius 2 is 1.04 bits per heavy atom. The molecule has 0 aromatic carbocycles. The van der Waals surface area contributed by atoms with Crippen LogP contribution in [0.25, 0.3) is 0 Å². The molecule has 0 spiro atoms. The SMILES string of the molecule is C/C(=C\C1CCCC(/C=C(\C)C(=O)O)C1/C=C(\C)C(=O)O)C(=O)O. The molecule has 0 radical (unpaired) electrons. The van der Waals surface area contributed by atoms with Crippen LogP contribution in [0.2, 0.25) is 0 Å². The van der Waals surface area contributed by atoms with E-state index < -0.39 is 17.9 Å². The van der Waals surface area contributed by atoms with E-state index in [-0.39, 0.29) is 34.5 Å². The van der Waals surface area contributed by atoms with Crippen molar-refractivity contribution in [1.82, 2.24) is 0 Å². The van der Waals surface area contributed by atoms with Crippen molar-refractivity contribution in [3.63, 3.8) is 0 Å². The predicted molar refractivity (Wildman–Crippen MR) is 88.5 cm³/mol. The zero-order valence-corrected chi connectivity index (χ0v) is 14.2. The summed E-state index contributed by atoms with van der Waals surface area (Å²) in [5, 5.41) is 27.3. The van der Waals surface area contributed by atoms with Gasteiger partial charge in [0.1, 0.15) is 0 Å². The molecule has 0 amide bonds. The van der Waals surface area contributed by atoms with Gasteiger partial charge in [-0.1, -0.05) is 24.6 Å². The van der Waals surface area contributed by atoms with Crippen molar-refractivity contribution in [2.75, 3.05) is 0 Å². The van der Waals surface area contributed by atoms with Gasteiger partial charge < -0.3 is 15.3 Å². The summed E-state index contributed by atoms with van der Waals surface area (Å²) >= 11 is 0. The molecule has 1 saturated carbocycles. The highest BCUT2D eigenvalue weighted by molar-refractivity contribution is 5.87. The fourth-order valence-electron chi connectivity index (χ4n) is 3.07. The Kier molecular flexibility index (Phi) is 6.95. The molecular formula is C18H24O6. The van der Waals surface area contributed by atoms with Gasteiger partial charge in [-0.25, -0.2) is 14.4 Å². The molecule has 1 aliphatic rings. The standard InChI is InChI=1S/C18H24O6/c1-10(16(19)20)7-13-5-4-6-14(8-11(2)17(21)22)15(13)9-12(3)18(23)24/h7-9,13-15H,4-6H2,1-3H3,(H,19,20)(H,21,22)(H,23,24)/b10-7+,11-8+,12-9+. The zero-order valence-electron chi connectivity index (χ0n) is 14.2. The Balaban J connectivity index is 3.27. The van der Waals surface area contributed by atoms with Crippen LogP contribution < -0.4 is 0 Å². The van der Waals surface area contributed by atoms with E-state index in [2.05, 4.69) is 0 Å². The number of hydrogen-bond donors (Lipinski definition) is 3. The summed E-state index contributed by atoms with van der Waals surface area (Å²) < 4.78 is 0. The molecule has 2 atom stereocenters. The second-order valence-electron chi connectivity index (χ2n) is 6.30. The van der Waals surface area contributed by atoms with Crippen molar-refractivity contribution in [1.29, 1.82) is 0 Å². The average molecular weight is 336 g/mol. The molecule has 0 aromatic heterocycles. The van der Waals surface area contributed by atoms with Gasteiger partial charge in [-0.05, 0) is 51.4 Å². The van der Waals surface area contributed by atoms with Gasteiger partial charge in [0.25, 0.3) is 0 Å². The summed E-state index contributed by atoms with van der Waals surface area (Å²) in [6, 6.07) is 0. The maximum Gasteiger partial charge on any atom is 0.330 e. The average Bonchev–Trinajstić information content (AvgIpc) is 2.49. The summed E-state index contributed by atoms with van der Waals surface area (Å²) in [6.07, 6.45) is 7.28. The van der Waals surface area contributed by atoms with Crippen molar-refractivity contribution >= 4 is 17.9 Å². The van der Waals surface area contributed by atoms with Gasteiger partial charge in [-0.2, -0.15) is 0 Å². The third kappa shape index (κ3) is 5.37. The summed E-state index contributed by atoms with van der Waals surface area (Å²) in [7, 11) is 0. The molecule has 1 rings (SSSR count). The van der Waals surface area contributed by atoms with E-state index in [0.717, 1.165) is 19.3 Å². The monoisotopic (exact) mass is 336 g/mol. The smallest absolute Gasteiger partial charge is 0.330 e. The summed E-state index contributed by atoms with van der Waals surface area (Å²) in [4.78, 5) is 33.3. The number of carboxylic acids is 3.